The van der Waals surface area contributed by atoms with Crippen molar-refractivity contribution in [3.63, 3.8) is 0 Å². The molecule has 1 N–H and O–H groups in total. The van der Waals surface area contributed by atoms with Gasteiger partial charge in [0.1, 0.15) is 5.82 Å². The maximum atomic E-state index is 13.4. The van der Waals surface area contributed by atoms with Gasteiger partial charge in [-0.3, -0.25) is 10.1 Å². The van der Waals surface area contributed by atoms with Gasteiger partial charge >= 0.3 is 0 Å². The van der Waals surface area contributed by atoms with Crippen LogP contribution in [0.3, 0.4) is 0 Å². The third kappa shape index (κ3) is 4.25. The standard InChI is InChI=1S/C14H20FN3O2/c1-17(10-13-4-2-3-5-16-13)9-11-6-12(15)8-14(7-11)18(19)20/h6-8,13,16H,2-5,9-10H2,1H3. The Hall–Kier alpha value is -1.53. The zero-order chi connectivity index (χ0) is 14.5. The van der Waals surface area contributed by atoms with Crippen LogP contribution in [0.5, 0.6) is 0 Å². The minimum atomic E-state index is -0.560. The van der Waals surface area contributed by atoms with Crippen LogP contribution in [-0.4, -0.2) is 36.0 Å². The summed E-state index contributed by atoms with van der Waals surface area (Å²) in [4.78, 5) is 12.2. The number of likely N-dealkylation sites (N-methyl/N-ethyl adjacent to an activating group) is 1. The lowest BCUT2D eigenvalue weighted by molar-refractivity contribution is -0.385. The van der Waals surface area contributed by atoms with Crippen LogP contribution in [0.1, 0.15) is 24.8 Å². The predicted octanol–water partition coefficient (Wildman–Crippen LogP) is 2.31. The van der Waals surface area contributed by atoms with Crippen molar-refractivity contribution < 1.29 is 9.31 Å². The van der Waals surface area contributed by atoms with E-state index in [1.807, 2.05) is 7.05 Å². The fourth-order valence-corrected chi connectivity index (χ4v) is 2.66. The van der Waals surface area contributed by atoms with Crippen molar-refractivity contribution in [3.8, 4) is 0 Å². The Kier molecular flexibility index (Phi) is 5.03. The molecule has 20 heavy (non-hydrogen) atoms. The van der Waals surface area contributed by atoms with E-state index >= 15 is 0 Å². The molecule has 1 heterocycles. The number of benzene rings is 1. The highest BCUT2D eigenvalue weighted by Crippen LogP contribution is 2.18. The van der Waals surface area contributed by atoms with Crippen LogP contribution in [0.15, 0.2) is 18.2 Å². The lowest BCUT2D eigenvalue weighted by Gasteiger charge is -2.28. The molecule has 0 radical (unpaired) electrons. The molecule has 0 bridgehead atoms. The molecule has 0 saturated carbocycles. The van der Waals surface area contributed by atoms with E-state index in [1.54, 1.807) is 0 Å². The van der Waals surface area contributed by atoms with Gasteiger partial charge in [-0.15, -0.1) is 0 Å². The Morgan fingerprint density at radius 1 is 1.45 bits per heavy atom. The fourth-order valence-electron chi connectivity index (χ4n) is 2.66. The molecule has 6 heteroatoms. The molecular weight excluding hydrogens is 261 g/mol. The highest BCUT2D eigenvalue weighted by molar-refractivity contribution is 5.35. The second kappa shape index (κ2) is 6.76. The summed E-state index contributed by atoms with van der Waals surface area (Å²) >= 11 is 0. The molecule has 1 aliphatic rings. The van der Waals surface area contributed by atoms with Crippen LogP contribution in [0.25, 0.3) is 0 Å². The summed E-state index contributed by atoms with van der Waals surface area (Å²) in [5.74, 6) is -0.557. The monoisotopic (exact) mass is 281 g/mol. The molecule has 1 aliphatic heterocycles. The quantitative estimate of drug-likeness (QED) is 0.664. The predicted molar refractivity (Wildman–Crippen MR) is 75.0 cm³/mol. The van der Waals surface area contributed by atoms with Crippen molar-refractivity contribution in [2.24, 2.45) is 0 Å². The van der Waals surface area contributed by atoms with Crippen LogP contribution in [0.2, 0.25) is 0 Å². The largest absolute Gasteiger partial charge is 0.313 e. The molecule has 1 saturated heterocycles. The average molecular weight is 281 g/mol. The first-order valence-electron chi connectivity index (χ1n) is 6.90. The van der Waals surface area contributed by atoms with Crippen molar-refractivity contribution in [1.82, 2.24) is 10.2 Å². The Balaban J connectivity index is 1.96. The maximum Gasteiger partial charge on any atom is 0.272 e. The van der Waals surface area contributed by atoms with E-state index in [0.717, 1.165) is 25.6 Å². The van der Waals surface area contributed by atoms with E-state index in [-0.39, 0.29) is 5.69 Å². The van der Waals surface area contributed by atoms with Crippen LogP contribution < -0.4 is 5.32 Å². The van der Waals surface area contributed by atoms with Gasteiger partial charge in [0, 0.05) is 25.2 Å². The van der Waals surface area contributed by atoms with Gasteiger partial charge in [-0.1, -0.05) is 6.42 Å². The van der Waals surface area contributed by atoms with Gasteiger partial charge in [0.05, 0.1) is 11.0 Å². The molecule has 1 atom stereocenters. The summed E-state index contributed by atoms with van der Waals surface area (Å²) < 4.78 is 13.4. The number of piperidine rings is 1. The molecule has 1 aromatic carbocycles. The van der Waals surface area contributed by atoms with E-state index in [1.165, 1.54) is 25.0 Å². The SMILES string of the molecule is CN(Cc1cc(F)cc([N+](=O)[O-])c1)CC1CCCCN1. The Morgan fingerprint density at radius 2 is 2.25 bits per heavy atom. The van der Waals surface area contributed by atoms with Crippen LogP contribution in [-0.2, 0) is 6.54 Å². The highest BCUT2D eigenvalue weighted by atomic mass is 19.1. The van der Waals surface area contributed by atoms with Gasteiger partial charge < -0.3 is 10.2 Å². The van der Waals surface area contributed by atoms with Gasteiger partial charge in [-0.2, -0.15) is 0 Å². The van der Waals surface area contributed by atoms with E-state index in [9.17, 15) is 14.5 Å². The first-order valence-corrected chi connectivity index (χ1v) is 6.90. The smallest absolute Gasteiger partial charge is 0.272 e. The van der Waals surface area contributed by atoms with Gasteiger partial charge in [0.2, 0.25) is 0 Å². The molecule has 5 nitrogen and oxygen atoms in total. The number of hydrogen-bond donors (Lipinski definition) is 1. The van der Waals surface area contributed by atoms with Crippen LogP contribution >= 0.6 is 0 Å². The van der Waals surface area contributed by atoms with Crippen LogP contribution in [0, 0.1) is 15.9 Å². The number of nitro groups is 1. The number of rotatable bonds is 5. The number of nitrogens with one attached hydrogen (secondary N) is 1. The fraction of sp³-hybridized carbons (Fsp3) is 0.571. The highest BCUT2D eigenvalue weighted by Gasteiger charge is 2.16. The average Bonchev–Trinajstić information content (AvgIpc) is 2.38. The number of non-ortho nitro benzene ring substituents is 1. The van der Waals surface area contributed by atoms with E-state index in [0.29, 0.717) is 18.2 Å². The third-order valence-electron chi connectivity index (χ3n) is 3.55. The minimum Gasteiger partial charge on any atom is -0.313 e. The van der Waals surface area contributed by atoms with Gasteiger partial charge in [-0.25, -0.2) is 4.39 Å². The zero-order valence-electron chi connectivity index (χ0n) is 11.6. The number of nitrogens with zero attached hydrogens (tertiary/aromatic N) is 2. The van der Waals surface area contributed by atoms with Gasteiger partial charge in [0.25, 0.3) is 5.69 Å². The Labute approximate surface area is 117 Å². The molecule has 1 unspecified atom stereocenters. The van der Waals surface area contributed by atoms with E-state index < -0.39 is 10.7 Å². The molecule has 110 valence electrons. The molecule has 0 spiro atoms. The summed E-state index contributed by atoms with van der Waals surface area (Å²) in [6.45, 7) is 2.42. The first-order chi connectivity index (χ1) is 9.54. The summed E-state index contributed by atoms with van der Waals surface area (Å²) in [5, 5.41) is 14.2. The number of halogens is 1. The summed E-state index contributed by atoms with van der Waals surface area (Å²) in [6.07, 6.45) is 3.60. The van der Waals surface area contributed by atoms with Crippen molar-refractivity contribution in [2.45, 2.75) is 31.8 Å². The molecule has 0 aromatic heterocycles. The molecule has 2 rings (SSSR count). The first kappa shape index (κ1) is 14.9. The summed E-state index contributed by atoms with van der Waals surface area (Å²) in [7, 11) is 1.95. The molecule has 1 aromatic rings. The van der Waals surface area contributed by atoms with Crippen molar-refractivity contribution in [2.75, 3.05) is 20.1 Å². The minimum absolute atomic E-state index is 0.191. The second-order valence-corrected chi connectivity index (χ2v) is 5.42. The third-order valence-corrected chi connectivity index (χ3v) is 3.55. The maximum absolute atomic E-state index is 13.4. The van der Waals surface area contributed by atoms with Crippen molar-refractivity contribution in [1.29, 1.82) is 0 Å². The Morgan fingerprint density at radius 3 is 2.90 bits per heavy atom. The molecule has 0 aliphatic carbocycles. The lowest BCUT2D eigenvalue weighted by Crippen LogP contribution is -2.42. The normalized spacial score (nSPS) is 19.2. The van der Waals surface area contributed by atoms with Crippen LogP contribution in [0.4, 0.5) is 10.1 Å². The second-order valence-electron chi connectivity index (χ2n) is 5.42. The lowest BCUT2D eigenvalue weighted by atomic mass is 10.0. The summed E-state index contributed by atoms with van der Waals surface area (Å²) in [6, 6.07) is 4.20. The van der Waals surface area contributed by atoms with Crippen molar-refractivity contribution >= 4 is 5.69 Å². The van der Waals surface area contributed by atoms with Gasteiger partial charge in [0.15, 0.2) is 0 Å². The molecular formula is C14H20FN3O2. The van der Waals surface area contributed by atoms with E-state index in [2.05, 4.69) is 10.2 Å². The zero-order valence-corrected chi connectivity index (χ0v) is 11.6. The van der Waals surface area contributed by atoms with Gasteiger partial charge in [-0.05, 0) is 38.1 Å². The van der Waals surface area contributed by atoms with Crippen molar-refractivity contribution in [3.05, 3.63) is 39.7 Å². The number of hydrogen-bond acceptors (Lipinski definition) is 4. The topological polar surface area (TPSA) is 58.4 Å². The Bertz CT molecular complexity index is 475. The molecule has 1 fully saturated rings. The number of nitro benzene ring substituents is 1. The summed E-state index contributed by atoms with van der Waals surface area (Å²) in [5.41, 5.74) is 0.444. The molecule has 0 amide bonds. The van der Waals surface area contributed by atoms with E-state index in [4.69, 9.17) is 0 Å².